The zero-order valence-electron chi connectivity index (χ0n) is 19.9. The Balaban J connectivity index is 1.76. The summed E-state index contributed by atoms with van der Waals surface area (Å²) in [4.78, 5) is 29.7. The highest BCUT2D eigenvalue weighted by atomic mass is 32.1. The highest BCUT2D eigenvalue weighted by Crippen LogP contribution is 2.50. The third-order valence-electron chi connectivity index (χ3n) is 7.13. The van der Waals surface area contributed by atoms with Crippen molar-refractivity contribution in [3.05, 3.63) is 74.6 Å². The maximum Gasteiger partial charge on any atom is 0.341 e. The maximum absolute atomic E-state index is 13.4. The minimum Gasteiger partial charge on any atom is -0.462 e. The maximum atomic E-state index is 13.4. The van der Waals surface area contributed by atoms with Gasteiger partial charge in [-0.15, -0.1) is 11.3 Å². The normalized spacial score (nSPS) is 20.2. The van der Waals surface area contributed by atoms with Crippen LogP contribution in [-0.2, 0) is 22.4 Å². The van der Waals surface area contributed by atoms with Crippen molar-refractivity contribution in [3.63, 3.8) is 0 Å². The molecule has 3 aliphatic rings. The molecule has 0 spiro atoms. The minimum absolute atomic E-state index is 0.0427. The molecule has 180 valence electrons. The lowest BCUT2D eigenvalue weighted by molar-refractivity contribution is -0.116. The number of ketones is 1. The number of ether oxygens (including phenoxy) is 1. The molecule has 1 unspecified atom stereocenters. The van der Waals surface area contributed by atoms with Crippen LogP contribution in [0.1, 0.15) is 77.7 Å². The fourth-order valence-electron chi connectivity index (χ4n) is 5.60. The van der Waals surface area contributed by atoms with Crippen molar-refractivity contribution in [1.82, 2.24) is 0 Å². The molecule has 2 heterocycles. The number of allylic oxidation sites excluding steroid dienone is 3. The summed E-state index contributed by atoms with van der Waals surface area (Å²) in [6.45, 7) is 2.08. The molecule has 0 bridgehead atoms. The van der Waals surface area contributed by atoms with Gasteiger partial charge in [0.25, 0.3) is 0 Å². The minimum atomic E-state index is -0.496. The molecule has 7 heteroatoms. The van der Waals surface area contributed by atoms with Gasteiger partial charge in [-0.3, -0.25) is 9.69 Å². The number of Topliss-reactive ketones (excluding diaryl/α,β-unsaturated/α-hetero) is 1. The van der Waals surface area contributed by atoms with E-state index in [1.165, 1.54) is 4.88 Å². The zero-order chi connectivity index (χ0) is 24.5. The number of nitrogens with zero attached hydrogens (tertiary/aromatic N) is 2. The van der Waals surface area contributed by atoms with Gasteiger partial charge in [-0.25, -0.2) is 4.79 Å². The van der Waals surface area contributed by atoms with E-state index < -0.39 is 5.92 Å². The van der Waals surface area contributed by atoms with Crippen LogP contribution in [0.2, 0.25) is 0 Å². The summed E-state index contributed by atoms with van der Waals surface area (Å²) in [5.41, 5.74) is 11.0. The Kier molecular flexibility index (Phi) is 6.48. The number of esters is 1. The summed E-state index contributed by atoms with van der Waals surface area (Å²) in [6.07, 6.45) is 6.78. The van der Waals surface area contributed by atoms with Gasteiger partial charge >= 0.3 is 5.97 Å². The number of benzene rings is 1. The number of nitriles is 1. The van der Waals surface area contributed by atoms with Crippen molar-refractivity contribution in [2.45, 2.75) is 64.2 Å². The second-order valence-electron chi connectivity index (χ2n) is 9.19. The number of carbonyl (C=O) groups excluding carboxylic acids is 2. The van der Waals surface area contributed by atoms with Crippen LogP contribution in [0.15, 0.2) is 53.0 Å². The predicted octanol–water partition coefficient (Wildman–Crippen LogP) is 5.50. The average Bonchev–Trinajstić information content (AvgIpc) is 3.05. The van der Waals surface area contributed by atoms with Crippen molar-refractivity contribution < 1.29 is 14.3 Å². The number of aryl methyl sites for hydroxylation is 1. The van der Waals surface area contributed by atoms with E-state index in [1.807, 2.05) is 35.2 Å². The Labute approximate surface area is 209 Å². The molecule has 35 heavy (non-hydrogen) atoms. The first-order valence-corrected chi connectivity index (χ1v) is 13.2. The summed E-state index contributed by atoms with van der Waals surface area (Å²) in [7, 11) is 0. The second-order valence-corrected chi connectivity index (χ2v) is 10.3. The average molecular weight is 488 g/mol. The van der Waals surface area contributed by atoms with E-state index in [-0.39, 0.29) is 18.4 Å². The Hall–Kier alpha value is -3.37. The van der Waals surface area contributed by atoms with Gasteiger partial charge in [0.2, 0.25) is 0 Å². The summed E-state index contributed by atoms with van der Waals surface area (Å²) in [6, 6.07) is 11.9. The van der Waals surface area contributed by atoms with Crippen LogP contribution in [0, 0.1) is 11.3 Å². The number of anilines is 1. The monoisotopic (exact) mass is 487 g/mol. The van der Waals surface area contributed by atoms with E-state index in [9.17, 15) is 14.9 Å². The first-order chi connectivity index (χ1) is 17.1. The summed E-state index contributed by atoms with van der Waals surface area (Å²) < 4.78 is 5.50. The van der Waals surface area contributed by atoms with Gasteiger partial charge in [-0.2, -0.15) is 5.26 Å². The SMILES string of the molecule is CCOC(=O)c1c(N2C(N)=C(C#N)C(c3ccccc3)C3=C2CCCC3=O)sc2c1CCCCC2. The molecule has 5 rings (SSSR count). The van der Waals surface area contributed by atoms with Gasteiger partial charge < -0.3 is 10.5 Å². The lowest BCUT2D eigenvalue weighted by atomic mass is 9.75. The van der Waals surface area contributed by atoms with Crippen LogP contribution < -0.4 is 10.6 Å². The van der Waals surface area contributed by atoms with E-state index in [0.717, 1.165) is 48.9 Å². The molecule has 0 amide bonds. The Morgan fingerprint density at radius 1 is 1.14 bits per heavy atom. The molecular weight excluding hydrogens is 458 g/mol. The van der Waals surface area contributed by atoms with Crippen LogP contribution in [0.3, 0.4) is 0 Å². The van der Waals surface area contributed by atoms with Gasteiger partial charge in [-0.1, -0.05) is 36.8 Å². The third kappa shape index (κ3) is 3.96. The number of rotatable bonds is 4. The van der Waals surface area contributed by atoms with E-state index in [0.29, 0.717) is 46.8 Å². The van der Waals surface area contributed by atoms with Crippen molar-refractivity contribution in [2.75, 3.05) is 11.5 Å². The van der Waals surface area contributed by atoms with Crippen LogP contribution in [0.5, 0.6) is 0 Å². The van der Waals surface area contributed by atoms with Crippen molar-refractivity contribution in [3.8, 4) is 6.07 Å². The fourth-order valence-corrected chi connectivity index (χ4v) is 7.01. The van der Waals surface area contributed by atoms with Gasteiger partial charge in [0.15, 0.2) is 5.78 Å². The van der Waals surface area contributed by atoms with Crippen molar-refractivity contribution in [2.24, 2.45) is 5.73 Å². The Bertz CT molecular complexity index is 1280. The van der Waals surface area contributed by atoms with Crippen molar-refractivity contribution in [1.29, 1.82) is 5.26 Å². The summed E-state index contributed by atoms with van der Waals surface area (Å²) >= 11 is 1.56. The molecule has 0 saturated carbocycles. The molecule has 0 radical (unpaired) electrons. The van der Waals surface area contributed by atoms with E-state index in [1.54, 1.807) is 18.3 Å². The van der Waals surface area contributed by atoms with E-state index in [4.69, 9.17) is 10.5 Å². The largest absolute Gasteiger partial charge is 0.462 e. The lowest BCUT2D eigenvalue weighted by Gasteiger charge is -2.39. The quantitative estimate of drug-likeness (QED) is 0.452. The number of nitrogens with two attached hydrogens (primary N) is 1. The molecule has 1 aromatic carbocycles. The molecule has 0 saturated heterocycles. The third-order valence-corrected chi connectivity index (χ3v) is 8.41. The topological polar surface area (TPSA) is 96.4 Å². The lowest BCUT2D eigenvalue weighted by Crippen LogP contribution is -2.39. The number of fused-ring (bicyclic) bond motifs is 1. The zero-order valence-corrected chi connectivity index (χ0v) is 20.7. The smallest absolute Gasteiger partial charge is 0.341 e. The van der Waals surface area contributed by atoms with Gasteiger partial charge in [-0.05, 0) is 56.6 Å². The molecule has 1 atom stereocenters. The van der Waals surface area contributed by atoms with Crippen LogP contribution in [-0.4, -0.2) is 18.4 Å². The number of hydrogen-bond acceptors (Lipinski definition) is 7. The molecule has 2 N–H and O–H groups in total. The van der Waals surface area contributed by atoms with E-state index >= 15 is 0 Å². The molecule has 2 aliphatic carbocycles. The number of carbonyl (C=O) groups is 2. The van der Waals surface area contributed by atoms with Crippen LogP contribution >= 0.6 is 11.3 Å². The molecule has 2 aromatic rings. The Morgan fingerprint density at radius 2 is 1.91 bits per heavy atom. The molecule has 1 aliphatic heterocycles. The number of thiophene rings is 1. The van der Waals surface area contributed by atoms with Crippen molar-refractivity contribution >= 4 is 28.1 Å². The van der Waals surface area contributed by atoms with Crippen LogP contribution in [0.25, 0.3) is 0 Å². The molecule has 6 nitrogen and oxygen atoms in total. The predicted molar refractivity (Wildman–Crippen MR) is 136 cm³/mol. The highest BCUT2D eigenvalue weighted by Gasteiger charge is 2.42. The summed E-state index contributed by atoms with van der Waals surface area (Å²) in [5.74, 6) is -0.510. The number of hydrogen-bond donors (Lipinski definition) is 1. The molecule has 1 aromatic heterocycles. The summed E-state index contributed by atoms with van der Waals surface area (Å²) in [5, 5.41) is 10.9. The fraction of sp³-hybridized carbons (Fsp3) is 0.393. The Morgan fingerprint density at radius 3 is 2.66 bits per heavy atom. The van der Waals surface area contributed by atoms with Gasteiger partial charge in [0.1, 0.15) is 10.8 Å². The van der Waals surface area contributed by atoms with Gasteiger partial charge in [0, 0.05) is 22.6 Å². The van der Waals surface area contributed by atoms with Crippen LogP contribution in [0.4, 0.5) is 5.00 Å². The highest BCUT2D eigenvalue weighted by molar-refractivity contribution is 7.16. The standard InChI is InChI=1S/C28H29N3O3S/c1-2-34-28(33)24-18-12-7-4-8-15-22(18)35-27(24)31-20-13-9-14-21(32)25(20)23(19(16-29)26(31)30)17-10-5-3-6-11-17/h3,5-6,10-11,23H,2,4,7-9,12-15,30H2,1H3. The van der Waals surface area contributed by atoms with Gasteiger partial charge in [0.05, 0.1) is 29.7 Å². The first kappa shape index (κ1) is 23.4. The molecule has 0 fully saturated rings. The molecular formula is C28H29N3O3S. The second kappa shape index (κ2) is 9.71. The van der Waals surface area contributed by atoms with E-state index in [2.05, 4.69) is 6.07 Å². The first-order valence-electron chi connectivity index (χ1n) is 12.4.